The molecule has 0 saturated heterocycles. The van der Waals surface area contributed by atoms with Crippen LogP contribution >= 0.6 is 0 Å². The van der Waals surface area contributed by atoms with Crippen LogP contribution in [0.25, 0.3) is 10.9 Å². The van der Waals surface area contributed by atoms with E-state index >= 15 is 0 Å². The zero-order valence-corrected chi connectivity index (χ0v) is 11.4. The fourth-order valence-corrected chi connectivity index (χ4v) is 2.90. The molecule has 1 atom stereocenters. The summed E-state index contributed by atoms with van der Waals surface area (Å²) in [5, 5.41) is 1.40. The maximum absolute atomic E-state index is 5.83. The molecule has 96 valence electrons. The van der Waals surface area contributed by atoms with Crippen LogP contribution < -0.4 is 0 Å². The molecule has 2 nitrogen and oxygen atoms in total. The Hall–Kier alpha value is -1.28. The normalized spacial score (nSPS) is 19.4. The number of H-pyrrole nitrogens is 1. The number of benzene rings is 1. The van der Waals surface area contributed by atoms with Crippen molar-refractivity contribution in [1.29, 1.82) is 0 Å². The maximum atomic E-state index is 5.83. The smallest absolute Gasteiger partial charge is 0.0973 e. The Labute approximate surface area is 108 Å². The van der Waals surface area contributed by atoms with Gasteiger partial charge in [0.2, 0.25) is 0 Å². The molecule has 0 amide bonds. The van der Waals surface area contributed by atoms with Gasteiger partial charge in [0.25, 0.3) is 0 Å². The molecule has 1 aromatic carbocycles. The van der Waals surface area contributed by atoms with E-state index in [-0.39, 0.29) is 6.10 Å². The van der Waals surface area contributed by atoms with E-state index in [4.69, 9.17) is 4.74 Å². The van der Waals surface area contributed by atoms with E-state index < -0.39 is 0 Å². The molecule has 1 unspecified atom stereocenters. The molecular formula is C16H21NO. The molecule has 1 aromatic heterocycles. The number of aromatic nitrogens is 1. The minimum absolute atomic E-state index is 0.253. The summed E-state index contributed by atoms with van der Waals surface area (Å²) in [6.45, 7) is 7.53. The third-order valence-corrected chi connectivity index (χ3v) is 3.99. The molecule has 0 aliphatic carbocycles. The van der Waals surface area contributed by atoms with Crippen molar-refractivity contribution in [1.82, 2.24) is 4.98 Å². The quantitative estimate of drug-likeness (QED) is 0.835. The summed E-state index contributed by atoms with van der Waals surface area (Å²) >= 11 is 0. The highest BCUT2D eigenvalue weighted by molar-refractivity contribution is 5.85. The second kappa shape index (κ2) is 4.43. The Balaban J connectivity index is 2.18. The van der Waals surface area contributed by atoms with Gasteiger partial charge in [0, 0.05) is 16.6 Å². The predicted molar refractivity (Wildman–Crippen MR) is 75.1 cm³/mol. The highest BCUT2D eigenvalue weighted by Gasteiger charge is 2.23. The fraction of sp³-hybridized carbons (Fsp3) is 0.500. The highest BCUT2D eigenvalue weighted by Crippen LogP contribution is 2.35. The summed E-state index contributed by atoms with van der Waals surface area (Å²) in [6, 6.07) is 6.81. The van der Waals surface area contributed by atoms with Gasteiger partial charge in [0.15, 0.2) is 0 Å². The third kappa shape index (κ3) is 1.76. The molecule has 2 heterocycles. The van der Waals surface area contributed by atoms with E-state index in [1.165, 1.54) is 27.7 Å². The van der Waals surface area contributed by atoms with Crippen molar-refractivity contribution in [3.8, 4) is 0 Å². The minimum atomic E-state index is 0.253. The van der Waals surface area contributed by atoms with Crippen LogP contribution in [0.1, 0.15) is 56.0 Å². The molecule has 1 aliphatic heterocycles. The van der Waals surface area contributed by atoms with Crippen LogP contribution in [-0.4, -0.2) is 11.6 Å². The summed E-state index contributed by atoms with van der Waals surface area (Å²) in [4.78, 5) is 3.56. The van der Waals surface area contributed by atoms with Crippen LogP contribution in [0.3, 0.4) is 0 Å². The van der Waals surface area contributed by atoms with Gasteiger partial charge < -0.3 is 9.72 Å². The Kier molecular flexibility index (Phi) is 2.90. The van der Waals surface area contributed by atoms with Gasteiger partial charge in [-0.1, -0.05) is 26.8 Å². The molecule has 0 fully saturated rings. The van der Waals surface area contributed by atoms with Gasteiger partial charge in [-0.3, -0.25) is 0 Å². The van der Waals surface area contributed by atoms with E-state index in [2.05, 4.69) is 44.0 Å². The van der Waals surface area contributed by atoms with Crippen LogP contribution in [0.4, 0.5) is 0 Å². The minimum Gasteiger partial charge on any atom is -0.372 e. The van der Waals surface area contributed by atoms with Crippen molar-refractivity contribution in [2.24, 2.45) is 0 Å². The summed E-state index contributed by atoms with van der Waals surface area (Å²) in [5.74, 6) is 0.585. The molecule has 2 heteroatoms. The van der Waals surface area contributed by atoms with Crippen LogP contribution in [0.15, 0.2) is 18.2 Å². The van der Waals surface area contributed by atoms with Crippen LogP contribution in [0.2, 0.25) is 0 Å². The molecule has 3 rings (SSSR count). The molecule has 0 spiro atoms. The van der Waals surface area contributed by atoms with Crippen LogP contribution in [0, 0.1) is 0 Å². The van der Waals surface area contributed by atoms with Crippen molar-refractivity contribution >= 4 is 10.9 Å². The summed E-state index contributed by atoms with van der Waals surface area (Å²) in [6.07, 6.45) is 2.33. The molecule has 0 bridgehead atoms. The lowest BCUT2D eigenvalue weighted by atomic mass is 9.97. The second-order valence-electron chi connectivity index (χ2n) is 5.49. The summed E-state index contributed by atoms with van der Waals surface area (Å²) < 4.78 is 5.83. The first kappa shape index (κ1) is 11.8. The third-order valence-electron chi connectivity index (χ3n) is 3.99. The molecule has 1 N–H and O–H groups in total. The number of rotatable bonds is 2. The largest absolute Gasteiger partial charge is 0.372 e. The lowest BCUT2D eigenvalue weighted by Crippen LogP contribution is -2.14. The Morgan fingerprint density at radius 3 is 2.94 bits per heavy atom. The zero-order chi connectivity index (χ0) is 12.7. The Morgan fingerprint density at radius 2 is 2.22 bits per heavy atom. The van der Waals surface area contributed by atoms with E-state index in [1.807, 2.05) is 0 Å². The molecule has 2 aromatic rings. The van der Waals surface area contributed by atoms with E-state index in [1.54, 1.807) is 0 Å². The molecule has 0 saturated carbocycles. The van der Waals surface area contributed by atoms with E-state index in [0.717, 1.165) is 19.4 Å². The van der Waals surface area contributed by atoms with Crippen LogP contribution in [-0.2, 0) is 11.2 Å². The van der Waals surface area contributed by atoms with E-state index in [0.29, 0.717) is 5.92 Å². The van der Waals surface area contributed by atoms with Crippen molar-refractivity contribution in [2.75, 3.05) is 6.61 Å². The number of ether oxygens (including phenoxy) is 1. The lowest BCUT2D eigenvalue weighted by molar-refractivity contribution is 0.0377. The number of aromatic amines is 1. The van der Waals surface area contributed by atoms with Crippen molar-refractivity contribution in [3.05, 3.63) is 35.0 Å². The molecule has 0 radical (unpaired) electrons. The lowest BCUT2D eigenvalue weighted by Gasteiger charge is -2.22. The monoisotopic (exact) mass is 243 g/mol. The number of hydrogen-bond acceptors (Lipinski definition) is 1. The highest BCUT2D eigenvalue weighted by atomic mass is 16.5. The van der Waals surface area contributed by atoms with Crippen molar-refractivity contribution < 1.29 is 4.74 Å². The molecule has 18 heavy (non-hydrogen) atoms. The van der Waals surface area contributed by atoms with Gasteiger partial charge in [-0.05, 0) is 42.0 Å². The number of hydrogen-bond donors (Lipinski definition) is 1. The fourth-order valence-electron chi connectivity index (χ4n) is 2.90. The average molecular weight is 243 g/mol. The van der Waals surface area contributed by atoms with E-state index in [9.17, 15) is 0 Å². The summed E-state index contributed by atoms with van der Waals surface area (Å²) in [5.41, 5.74) is 5.46. The average Bonchev–Trinajstić information content (AvgIpc) is 2.76. The van der Waals surface area contributed by atoms with Crippen molar-refractivity contribution in [3.63, 3.8) is 0 Å². The predicted octanol–water partition coefficient (Wildman–Crippen LogP) is 4.32. The maximum Gasteiger partial charge on any atom is 0.0973 e. The van der Waals surface area contributed by atoms with Crippen LogP contribution in [0.5, 0.6) is 0 Å². The molecule has 1 aliphatic rings. The zero-order valence-electron chi connectivity index (χ0n) is 11.4. The number of fused-ring (bicyclic) bond motifs is 3. The number of nitrogens with one attached hydrogen (secondary N) is 1. The van der Waals surface area contributed by atoms with Gasteiger partial charge in [-0.2, -0.15) is 0 Å². The van der Waals surface area contributed by atoms with Gasteiger partial charge in [-0.15, -0.1) is 0 Å². The summed E-state index contributed by atoms with van der Waals surface area (Å²) in [7, 11) is 0. The van der Waals surface area contributed by atoms with Gasteiger partial charge >= 0.3 is 0 Å². The Morgan fingerprint density at radius 1 is 1.39 bits per heavy atom. The standard InChI is InChI=1S/C16H21NO/c1-4-15-16-12(7-8-18-15)13-9-11(10(2)3)5-6-14(13)17-16/h5-6,9-10,15,17H,4,7-8H2,1-3H3. The van der Waals surface area contributed by atoms with Gasteiger partial charge in [0.05, 0.1) is 12.7 Å². The first-order chi connectivity index (χ1) is 8.70. The Bertz CT molecular complexity index is 568. The van der Waals surface area contributed by atoms with Crippen molar-refractivity contribution in [2.45, 2.75) is 45.6 Å². The SMILES string of the molecule is CCC1OCCc2c1[nH]c1ccc(C(C)C)cc21. The van der Waals surface area contributed by atoms with Gasteiger partial charge in [0.1, 0.15) is 0 Å². The van der Waals surface area contributed by atoms with Gasteiger partial charge in [-0.25, -0.2) is 0 Å². The second-order valence-corrected chi connectivity index (χ2v) is 5.49. The topological polar surface area (TPSA) is 25.0 Å². The first-order valence-electron chi connectivity index (χ1n) is 6.96. The first-order valence-corrected chi connectivity index (χ1v) is 6.96. The molecular weight excluding hydrogens is 222 g/mol.